The number of rotatable bonds is 4. The number of hydrogen-bond donors (Lipinski definition) is 2. The predicted molar refractivity (Wildman–Crippen MR) is 113 cm³/mol. The fourth-order valence-electron chi connectivity index (χ4n) is 3.15. The second kappa shape index (κ2) is 8.07. The molecule has 2 aromatic heterocycles. The minimum atomic E-state index is -0.924. The van der Waals surface area contributed by atoms with Gasteiger partial charge in [0.1, 0.15) is 17.0 Å². The number of nitriles is 1. The monoisotopic (exact) mass is 448 g/mol. The van der Waals surface area contributed by atoms with E-state index in [9.17, 15) is 24.4 Å². The van der Waals surface area contributed by atoms with Gasteiger partial charge >= 0.3 is 17.8 Å². The van der Waals surface area contributed by atoms with Crippen LogP contribution in [-0.4, -0.2) is 31.9 Å². The van der Waals surface area contributed by atoms with Crippen LogP contribution in [0.2, 0.25) is 0 Å². The lowest BCUT2D eigenvalue weighted by molar-refractivity contribution is 0.0376. The number of fused-ring (bicyclic) bond motifs is 1. The molecule has 11 nitrogen and oxygen atoms in total. The highest BCUT2D eigenvalue weighted by Gasteiger charge is 2.31. The molecule has 1 saturated carbocycles. The molecule has 0 spiro atoms. The van der Waals surface area contributed by atoms with E-state index < -0.39 is 29.0 Å². The van der Waals surface area contributed by atoms with E-state index in [1.54, 1.807) is 27.7 Å². The second-order valence-electron chi connectivity index (χ2n) is 8.30. The van der Waals surface area contributed by atoms with Gasteiger partial charge in [-0.15, -0.1) is 11.3 Å². The zero-order valence-electron chi connectivity index (χ0n) is 17.7. The van der Waals surface area contributed by atoms with E-state index >= 15 is 0 Å². The van der Waals surface area contributed by atoms with Gasteiger partial charge in [-0.25, -0.2) is 24.8 Å². The number of aromatic nitrogens is 2. The predicted octanol–water partition coefficient (Wildman–Crippen LogP) is 1.71. The van der Waals surface area contributed by atoms with Crippen molar-refractivity contribution in [2.45, 2.75) is 65.3 Å². The van der Waals surface area contributed by atoms with E-state index in [4.69, 9.17) is 10.5 Å². The Hall–Kier alpha value is -3.33. The number of nitrogens with one attached hydrogen (secondary N) is 1. The zero-order chi connectivity index (χ0) is 23.1. The molecule has 12 heteroatoms. The Morgan fingerprint density at radius 2 is 2.00 bits per heavy atom. The number of hydrogen-bond acceptors (Lipinski definition) is 7. The number of carbonyl (C=O) groups excluding carboxylic acids is 2. The number of nitrogens with two attached hydrogens (primary N) is 1. The maximum absolute atomic E-state index is 13.1. The number of amides is 3. The Kier molecular flexibility index (Phi) is 5.82. The van der Waals surface area contributed by atoms with Gasteiger partial charge in [0.15, 0.2) is 0 Å². The van der Waals surface area contributed by atoms with Crippen LogP contribution in [0.4, 0.5) is 9.59 Å². The molecule has 1 aliphatic carbocycles. The number of aryl methyl sites for hydroxylation is 1. The largest absolute Gasteiger partial charge is 0.443 e. The Morgan fingerprint density at radius 1 is 1.35 bits per heavy atom. The summed E-state index contributed by atoms with van der Waals surface area (Å²) in [5.74, 6) is 0. The van der Waals surface area contributed by atoms with Crippen LogP contribution in [0.1, 0.15) is 50.1 Å². The van der Waals surface area contributed by atoms with Crippen molar-refractivity contribution in [1.82, 2.24) is 19.6 Å². The van der Waals surface area contributed by atoms with E-state index in [1.165, 1.54) is 9.13 Å². The van der Waals surface area contributed by atoms with Crippen LogP contribution in [0.25, 0.3) is 10.2 Å². The standard InChI is InChI=1S/C19H24N6O5S/c1-10-12(9-24(16(21)27)22-17(28)30-19(2,3)4)31-15-13(10)14(26)25(11-5-6-11)18(29)23(15)8-7-20/h11H,5-6,8-9H2,1-4H3,(H2,21,27)(H,22,28). The number of nitrogens with zero attached hydrogens (tertiary/aromatic N) is 4. The van der Waals surface area contributed by atoms with E-state index in [0.29, 0.717) is 20.7 Å². The Balaban J connectivity index is 2.04. The normalized spacial score (nSPS) is 13.6. The van der Waals surface area contributed by atoms with Gasteiger partial charge in [-0.1, -0.05) is 0 Å². The van der Waals surface area contributed by atoms with Crippen LogP contribution < -0.4 is 22.4 Å². The van der Waals surface area contributed by atoms with Crippen LogP contribution in [0.3, 0.4) is 0 Å². The van der Waals surface area contributed by atoms with Gasteiger partial charge in [0.05, 0.1) is 18.0 Å². The smallest absolute Gasteiger partial charge is 0.426 e. The minimum Gasteiger partial charge on any atom is -0.443 e. The minimum absolute atomic E-state index is 0.136. The third-order valence-electron chi connectivity index (χ3n) is 4.68. The first-order valence-electron chi connectivity index (χ1n) is 9.65. The molecule has 0 radical (unpaired) electrons. The van der Waals surface area contributed by atoms with Crippen molar-refractivity contribution in [3.8, 4) is 6.07 Å². The molecule has 3 rings (SSSR count). The van der Waals surface area contributed by atoms with E-state index in [2.05, 4.69) is 5.43 Å². The van der Waals surface area contributed by atoms with Gasteiger partial charge in [0.2, 0.25) is 0 Å². The molecule has 0 aromatic carbocycles. The molecular formula is C19H24N6O5S. The highest BCUT2D eigenvalue weighted by atomic mass is 32.1. The second-order valence-corrected chi connectivity index (χ2v) is 9.39. The van der Waals surface area contributed by atoms with Gasteiger partial charge in [0, 0.05) is 10.9 Å². The maximum atomic E-state index is 13.1. The Morgan fingerprint density at radius 3 is 2.52 bits per heavy atom. The topological polar surface area (TPSA) is 152 Å². The van der Waals surface area contributed by atoms with Crippen LogP contribution in [0, 0.1) is 18.3 Å². The summed E-state index contributed by atoms with van der Waals surface area (Å²) in [5.41, 5.74) is 6.55. The first kappa shape index (κ1) is 22.4. The van der Waals surface area contributed by atoms with Crippen LogP contribution in [-0.2, 0) is 17.8 Å². The van der Waals surface area contributed by atoms with Crippen LogP contribution >= 0.6 is 11.3 Å². The van der Waals surface area contributed by atoms with Crippen molar-refractivity contribution in [2.75, 3.05) is 0 Å². The summed E-state index contributed by atoms with van der Waals surface area (Å²) >= 11 is 1.10. The first-order chi connectivity index (χ1) is 14.4. The summed E-state index contributed by atoms with van der Waals surface area (Å²) in [4.78, 5) is 50.7. The fourth-order valence-corrected chi connectivity index (χ4v) is 4.43. The van der Waals surface area contributed by atoms with E-state index in [-0.39, 0.29) is 19.1 Å². The summed E-state index contributed by atoms with van der Waals surface area (Å²) in [7, 11) is 0. The molecule has 0 unspecified atom stereocenters. The number of ether oxygens (including phenoxy) is 1. The molecule has 0 atom stereocenters. The zero-order valence-corrected chi connectivity index (χ0v) is 18.5. The van der Waals surface area contributed by atoms with Gasteiger partial charge in [-0.2, -0.15) is 5.26 Å². The highest BCUT2D eigenvalue weighted by Crippen LogP contribution is 2.34. The average Bonchev–Trinajstić information content (AvgIpc) is 3.41. The summed E-state index contributed by atoms with van der Waals surface area (Å²) in [6.07, 6.45) is 0.611. The van der Waals surface area contributed by atoms with Gasteiger partial charge in [-0.3, -0.25) is 13.9 Å². The van der Waals surface area contributed by atoms with Gasteiger partial charge in [-0.05, 0) is 46.1 Å². The van der Waals surface area contributed by atoms with E-state index in [0.717, 1.165) is 29.2 Å². The third kappa shape index (κ3) is 4.56. The van der Waals surface area contributed by atoms with Gasteiger partial charge < -0.3 is 10.5 Å². The number of primary amides is 1. The lowest BCUT2D eigenvalue weighted by Crippen LogP contribution is -2.49. The molecule has 0 aliphatic heterocycles. The summed E-state index contributed by atoms with van der Waals surface area (Å²) in [6, 6.07) is 0.872. The molecule has 0 bridgehead atoms. The molecule has 2 aromatic rings. The summed E-state index contributed by atoms with van der Waals surface area (Å²) < 4.78 is 7.62. The molecule has 3 amide bonds. The molecule has 1 fully saturated rings. The molecule has 3 N–H and O–H groups in total. The van der Waals surface area contributed by atoms with Crippen molar-refractivity contribution in [1.29, 1.82) is 5.26 Å². The number of thiophene rings is 1. The number of carbonyl (C=O) groups is 2. The molecule has 0 saturated heterocycles. The fraction of sp³-hybridized carbons (Fsp3) is 0.526. The van der Waals surface area contributed by atoms with Crippen LogP contribution in [0.15, 0.2) is 9.59 Å². The Labute approximate surface area is 181 Å². The summed E-state index contributed by atoms with van der Waals surface area (Å²) in [5, 5.41) is 10.4. The number of urea groups is 1. The van der Waals surface area contributed by atoms with Crippen molar-refractivity contribution in [3.63, 3.8) is 0 Å². The van der Waals surface area contributed by atoms with Crippen molar-refractivity contribution < 1.29 is 14.3 Å². The Bertz CT molecular complexity index is 1210. The van der Waals surface area contributed by atoms with E-state index in [1.807, 2.05) is 6.07 Å². The average molecular weight is 449 g/mol. The number of hydrazine groups is 1. The molecule has 1 aliphatic rings. The highest BCUT2D eigenvalue weighted by molar-refractivity contribution is 7.18. The molecule has 166 valence electrons. The van der Waals surface area contributed by atoms with Crippen molar-refractivity contribution >= 4 is 33.7 Å². The molecule has 2 heterocycles. The van der Waals surface area contributed by atoms with Crippen molar-refractivity contribution in [2.24, 2.45) is 5.73 Å². The summed E-state index contributed by atoms with van der Waals surface area (Å²) in [6.45, 7) is 6.38. The first-order valence-corrected chi connectivity index (χ1v) is 10.5. The van der Waals surface area contributed by atoms with Crippen LogP contribution in [0.5, 0.6) is 0 Å². The van der Waals surface area contributed by atoms with Gasteiger partial charge in [0.25, 0.3) is 5.56 Å². The molecule has 31 heavy (non-hydrogen) atoms. The van der Waals surface area contributed by atoms with Crippen molar-refractivity contribution in [3.05, 3.63) is 31.3 Å². The SMILES string of the molecule is Cc1c(CN(NC(=O)OC(C)(C)C)C(N)=O)sc2c1c(=O)n(C1CC1)c(=O)n2CC#N. The molecular weight excluding hydrogens is 424 g/mol. The third-order valence-corrected chi connectivity index (χ3v) is 5.98. The maximum Gasteiger partial charge on any atom is 0.426 e. The quantitative estimate of drug-likeness (QED) is 0.679. The lowest BCUT2D eigenvalue weighted by Gasteiger charge is -2.24. The lowest BCUT2D eigenvalue weighted by atomic mass is 10.2.